The second-order valence-corrected chi connectivity index (χ2v) is 9.55. The van der Waals surface area contributed by atoms with E-state index in [2.05, 4.69) is 10.6 Å². The van der Waals surface area contributed by atoms with Crippen molar-refractivity contribution in [1.82, 2.24) is 15.5 Å². The summed E-state index contributed by atoms with van der Waals surface area (Å²) in [7, 11) is 0. The van der Waals surface area contributed by atoms with Gasteiger partial charge in [-0.2, -0.15) is 0 Å². The lowest BCUT2D eigenvalue weighted by Crippen LogP contribution is -2.52. The van der Waals surface area contributed by atoms with Crippen molar-refractivity contribution >= 4 is 46.6 Å². The highest BCUT2D eigenvalue weighted by molar-refractivity contribution is 7.10. The average molecular weight is 474 g/mol. The van der Waals surface area contributed by atoms with Gasteiger partial charge in [0.05, 0.1) is 12.1 Å². The molecular formula is C23H24ClN3O4S. The molecule has 1 saturated heterocycles. The van der Waals surface area contributed by atoms with E-state index in [1.54, 1.807) is 5.38 Å². The predicted molar refractivity (Wildman–Crippen MR) is 121 cm³/mol. The number of nitrogens with zero attached hydrogens (tertiary/aromatic N) is 1. The third-order valence-corrected chi connectivity index (χ3v) is 7.27. The van der Waals surface area contributed by atoms with Gasteiger partial charge in [0.1, 0.15) is 6.04 Å². The summed E-state index contributed by atoms with van der Waals surface area (Å²) in [6.07, 6.45) is 2.37. The van der Waals surface area contributed by atoms with Gasteiger partial charge < -0.3 is 10.2 Å². The van der Waals surface area contributed by atoms with Crippen LogP contribution in [0.2, 0.25) is 5.02 Å². The smallest absolute Gasteiger partial charge is 0.256 e. The minimum absolute atomic E-state index is 0.0539. The zero-order valence-electron chi connectivity index (χ0n) is 17.7. The van der Waals surface area contributed by atoms with Gasteiger partial charge in [0.2, 0.25) is 17.7 Å². The van der Waals surface area contributed by atoms with Gasteiger partial charge in [-0.15, -0.1) is 11.3 Å². The summed E-state index contributed by atoms with van der Waals surface area (Å²) in [6.45, 7) is 2.66. The SMILES string of the molecule is Cc1ccc(CCCC(=O)NCc2scc3c2CN(C2CCC(=O)NC2=O)C3=O)c(Cl)c1. The van der Waals surface area contributed by atoms with Gasteiger partial charge in [-0.3, -0.25) is 24.5 Å². The van der Waals surface area contributed by atoms with Crippen molar-refractivity contribution in [2.45, 2.75) is 58.2 Å². The number of rotatable bonds is 7. The van der Waals surface area contributed by atoms with Gasteiger partial charge in [-0.1, -0.05) is 23.7 Å². The van der Waals surface area contributed by atoms with Crippen LogP contribution in [0.15, 0.2) is 23.6 Å². The van der Waals surface area contributed by atoms with Crippen LogP contribution in [0.4, 0.5) is 0 Å². The molecule has 168 valence electrons. The number of aryl methyl sites for hydroxylation is 2. The van der Waals surface area contributed by atoms with E-state index in [1.165, 1.54) is 16.2 Å². The molecule has 1 atom stereocenters. The molecule has 0 bridgehead atoms. The topological polar surface area (TPSA) is 95.6 Å². The van der Waals surface area contributed by atoms with E-state index < -0.39 is 11.9 Å². The fraction of sp³-hybridized carbons (Fsp3) is 0.391. The maximum Gasteiger partial charge on any atom is 0.256 e. The van der Waals surface area contributed by atoms with E-state index in [0.717, 1.165) is 33.0 Å². The van der Waals surface area contributed by atoms with Crippen molar-refractivity contribution in [1.29, 1.82) is 0 Å². The maximum atomic E-state index is 12.8. The molecule has 2 aliphatic heterocycles. The minimum Gasteiger partial charge on any atom is -0.351 e. The molecule has 2 N–H and O–H groups in total. The van der Waals surface area contributed by atoms with Crippen LogP contribution in [0.5, 0.6) is 0 Å². The fourth-order valence-electron chi connectivity index (χ4n) is 4.11. The summed E-state index contributed by atoms with van der Waals surface area (Å²) in [5.74, 6) is -0.980. The van der Waals surface area contributed by atoms with Crippen molar-refractivity contribution < 1.29 is 19.2 Å². The molecule has 0 spiro atoms. The molecule has 9 heteroatoms. The number of fused-ring (bicyclic) bond motifs is 1. The first-order valence-corrected chi connectivity index (χ1v) is 11.8. The zero-order chi connectivity index (χ0) is 22.8. The van der Waals surface area contributed by atoms with Gasteiger partial charge in [-0.25, -0.2) is 0 Å². The Hall–Kier alpha value is -2.71. The summed E-state index contributed by atoms with van der Waals surface area (Å²) < 4.78 is 0. The number of nitrogens with one attached hydrogen (secondary N) is 2. The van der Waals surface area contributed by atoms with Gasteiger partial charge in [0.25, 0.3) is 5.91 Å². The Morgan fingerprint density at radius 3 is 2.88 bits per heavy atom. The number of amides is 4. The summed E-state index contributed by atoms with van der Waals surface area (Å²) in [5.41, 5.74) is 3.58. The Bertz CT molecular complexity index is 1100. The molecule has 3 heterocycles. The van der Waals surface area contributed by atoms with Gasteiger partial charge in [0, 0.05) is 34.7 Å². The molecule has 4 rings (SSSR count). The quantitative estimate of drug-likeness (QED) is 0.604. The molecule has 0 saturated carbocycles. The first-order valence-electron chi connectivity index (χ1n) is 10.6. The zero-order valence-corrected chi connectivity index (χ0v) is 19.3. The minimum atomic E-state index is -0.631. The van der Waals surface area contributed by atoms with Gasteiger partial charge >= 0.3 is 0 Å². The summed E-state index contributed by atoms with van der Waals surface area (Å²) in [5, 5.41) is 7.75. The van der Waals surface area contributed by atoms with Crippen molar-refractivity contribution in [3.63, 3.8) is 0 Å². The van der Waals surface area contributed by atoms with Crippen LogP contribution >= 0.6 is 22.9 Å². The van der Waals surface area contributed by atoms with Crippen molar-refractivity contribution in [3.8, 4) is 0 Å². The Labute approximate surface area is 195 Å². The molecule has 4 amide bonds. The van der Waals surface area contributed by atoms with Crippen molar-refractivity contribution in [2.75, 3.05) is 0 Å². The van der Waals surface area contributed by atoms with Gasteiger partial charge in [0.15, 0.2) is 0 Å². The lowest BCUT2D eigenvalue weighted by molar-refractivity contribution is -0.137. The second-order valence-electron chi connectivity index (χ2n) is 8.18. The molecule has 7 nitrogen and oxygen atoms in total. The first kappa shape index (κ1) is 22.5. The molecule has 1 aromatic heterocycles. The Morgan fingerprint density at radius 1 is 1.31 bits per heavy atom. The molecule has 2 aromatic rings. The number of hydrogen-bond donors (Lipinski definition) is 2. The van der Waals surface area contributed by atoms with Gasteiger partial charge in [-0.05, 0) is 48.9 Å². The number of halogens is 1. The third kappa shape index (κ3) is 4.71. The van der Waals surface area contributed by atoms with E-state index in [-0.39, 0.29) is 24.1 Å². The molecule has 32 heavy (non-hydrogen) atoms. The molecule has 0 aliphatic carbocycles. The number of benzene rings is 1. The first-order chi connectivity index (χ1) is 15.3. The summed E-state index contributed by atoms with van der Waals surface area (Å²) in [6, 6.07) is 5.30. The maximum absolute atomic E-state index is 12.8. The second kappa shape index (κ2) is 9.42. The number of carbonyl (C=O) groups is 4. The molecule has 1 aromatic carbocycles. The highest BCUT2D eigenvalue weighted by Crippen LogP contribution is 2.33. The lowest BCUT2D eigenvalue weighted by atomic mass is 10.0. The Morgan fingerprint density at radius 2 is 2.12 bits per heavy atom. The van der Waals surface area contributed by atoms with Crippen LogP contribution in [0.1, 0.15) is 57.6 Å². The number of carbonyl (C=O) groups excluding carboxylic acids is 4. The molecule has 1 unspecified atom stereocenters. The number of hydrogen-bond acceptors (Lipinski definition) is 5. The Balaban J connectivity index is 1.29. The number of piperidine rings is 1. The molecule has 1 fully saturated rings. The lowest BCUT2D eigenvalue weighted by Gasteiger charge is -2.29. The van der Waals surface area contributed by atoms with Crippen LogP contribution in [-0.4, -0.2) is 34.6 Å². The highest BCUT2D eigenvalue weighted by atomic mass is 35.5. The van der Waals surface area contributed by atoms with E-state index in [0.29, 0.717) is 37.9 Å². The number of thiophene rings is 1. The van der Waals surface area contributed by atoms with Crippen molar-refractivity contribution in [3.05, 3.63) is 55.7 Å². The third-order valence-electron chi connectivity index (χ3n) is 5.89. The summed E-state index contributed by atoms with van der Waals surface area (Å²) >= 11 is 7.69. The van der Waals surface area contributed by atoms with E-state index in [1.807, 2.05) is 25.1 Å². The van der Waals surface area contributed by atoms with Crippen LogP contribution in [0.25, 0.3) is 0 Å². The van der Waals surface area contributed by atoms with Crippen molar-refractivity contribution in [2.24, 2.45) is 0 Å². The molecule has 2 aliphatic rings. The van der Waals surface area contributed by atoms with E-state index in [4.69, 9.17) is 11.6 Å². The summed E-state index contributed by atoms with van der Waals surface area (Å²) in [4.78, 5) is 51.1. The molecular weight excluding hydrogens is 450 g/mol. The normalized spacial score (nSPS) is 18.0. The largest absolute Gasteiger partial charge is 0.351 e. The van der Waals surface area contributed by atoms with E-state index >= 15 is 0 Å². The van der Waals surface area contributed by atoms with Crippen LogP contribution < -0.4 is 10.6 Å². The molecule has 0 radical (unpaired) electrons. The fourth-order valence-corrected chi connectivity index (χ4v) is 5.42. The monoisotopic (exact) mass is 473 g/mol. The van der Waals surface area contributed by atoms with Crippen LogP contribution in [-0.2, 0) is 33.9 Å². The van der Waals surface area contributed by atoms with E-state index in [9.17, 15) is 19.2 Å². The highest BCUT2D eigenvalue weighted by Gasteiger charge is 2.40. The number of imide groups is 1. The standard InChI is InChI=1S/C23H24ClN3O4S/c1-13-5-6-14(17(24)9-13)3-2-4-20(28)25-10-19-15-11-27(23(31)16(15)12-32-19)18-7-8-21(29)26-22(18)30/h5-6,9,12,18H,2-4,7-8,10-11H2,1H3,(H,25,28)(H,26,29,30). The average Bonchev–Trinajstić information content (AvgIpc) is 3.28. The predicted octanol–water partition coefficient (Wildman–Crippen LogP) is 3.11. The Kier molecular flexibility index (Phi) is 6.62. The van der Waals surface area contributed by atoms with Crippen LogP contribution in [0, 0.1) is 6.92 Å². The van der Waals surface area contributed by atoms with Crippen LogP contribution in [0.3, 0.4) is 0 Å².